The molecule has 0 atom stereocenters. The third-order valence-corrected chi connectivity index (χ3v) is 3.56. The lowest BCUT2D eigenvalue weighted by Gasteiger charge is -2.03. The highest BCUT2D eigenvalue weighted by Crippen LogP contribution is 2.27. The molecule has 1 N–H and O–H groups in total. The van der Waals surface area contributed by atoms with Crippen molar-refractivity contribution in [1.29, 1.82) is 5.26 Å². The second kappa shape index (κ2) is 4.67. The van der Waals surface area contributed by atoms with Crippen molar-refractivity contribution < 1.29 is 0 Å². The van der Waals surface area contributed by atoms with Crippen LogP contribution in [0.3, 0.4) is 0 Å². The molecule has 0 aliphatic carbocycles. The van der Waals surface area contributed by atoms with E-state index in [-0.39, 0.29) is 0 Å². The lowest BCUT2D eigenvalue weighted by molar-refractivity contribution is 1.19. The van der Waals surface area contributed by atoms with Crippen LogP contribution in [0, 0.1) is 18.3 Å². The maximum Gasteiger partial charge on any atom is 0.189 e. The van der Waals surface area contributed by atoms with Crippen LogP contribution in [0.4, 0.5) is 10.9 Å². The fourth-order valence-corrected chi connectivity index (χ4v) is 2.71. The first-order valence-corrected chi connectivity index (χ1v) is 6.57. The van der Waals surface area contributed by atoms with Gasteiger partial charge in [0.1, 0.15) is 5.82 Å². The standard InChI is InChI=1S/C14H10N4S/c1-9-6-10(8-15)7-13(16-9)18-14-17-11-4-2-3-5-12(11)19-14/h2-7H,1H3,(H,16,17,18). The fraction of sp³-hybridized carbons (Fsp3) is 0.0714. The number of hydrogen-bond acceptors (Lipinski definition) is 5. The van der Waals surface area contributed by atoms with E-state index in [1.807, 2.05) is 31.2 Å². The van der Waals surface area contributed by atoms with Gasteiger partial charge in [0.05, 0.1) is 21.8 Å². The number of fused-ring (bicyclic) bond motifs is 1. The highest BCUT2D eigenvalue weighted by atomic mass is 32.1. The lowest BCUT2D eigenvalue weighted by atomic mass is 10.2. The zero-order chi connectivity index (χ0) is 13.2. The van der Waals surface area contributed by atoms with E-state index in [1.165, 1.54) is 0 Å². The number of nitrogens with zero attached hydrogens (tertiary/aromatic N) is 3. The molecule has 2 aromatic heterocycles. The molecular formula is C14H10N4S. The van der Waals surface area contributed by atoms with Crippen LogP contribution < -0.4 is 5.32 Å². The Bertz CT molecular complexity index is 752. The van der Waals surface area contributed by atoms with Gasteiger partial charge in [-0.15, -0.1) is 0 Å². The summed E-state index contributed by atoms with van der Waals surface area (Å²) in [5, 5.41) is 12.9. The molecule has 0 bridgehead atoms. The van der Waals surface area contributed by atoms with E-state index in [0.29, 0.717) is 11.4 Å². The van der Waals surface area contributed by atoms with Crippen molar-refractivity contribution in [2.75, 3.05) is 5.32 Å². The number of benzene rings is 1. The molecule has 1 aromatic carbocycles. The van der Waals surface area contributed by atoms with Crippen LogP contribution in [-0.2, 0) is 0 Å². The van der Waals surface area contributed by atoms with Gasteiger partial charge in [0.25, 0.3) is 0 Å². The molecule has 92 valence electrons. The lowest BCUT2D eigenvalue weighted by Crippen LogP contribution is -1.95. The molecule has 0 amide bonds. The van der Waals surface area contributed by atoms with Gasteiger partial charge in [-0.05, 0) is 31.2 Å². The zero-order valence-electron chi connectivity index (χ0n) is 10.2. The number of para-hydroxylation sites is 1. The van der Waals surface area contributed by atoms with Crippen LogP contribution in [0.2, 0.25) is 0 Å². The van der Waals surface area contributed by atoms with Crippen molar-refractivity contribution in [2.24, 2.45) is 0 Å². The molecule has 0 aliphatic rings. The number of rotatable bonds is 2. The van der Waals surface area contributed by atoms with Crippen molar-refractivity contribution in [3.05, 3.63) is 47.7 Å². The molecule has 2 heterocycles. The van der Waals surface area contributed by atoms with Crippen molar-refractivity contribution in [2.45, 2.75) is 6.92 Å². The van der Waals surface area contributed by atoms with E-state index in [0.717, 1.165) is 21.0 Å². The largest absolute Gasteiger partial charge is 0.316 e. The van der Waals surface area contributed by atoms with Crippen LogP contribution >= 0.6 is 11.3 Å². The molecule has 0 unspecified atom stereocenters. The molecule has 0 fully saturated rings. The van der Waals surface area contributed by atoms with Crippen molar-refractivity contribution in [3.63, 3.8) is 0 Å². The molecule has 0 spiro atoms. The summed E-state index contributed by atoms with van der Waals surface area (Å²) in [5.41, 5.74) is 2.36. The normalized spacial score (nSPS) is 10.3. The summed E-state index contributed by atoms with van der Waals surface area (Å²) in [6.07, 6.45) is 0. The number of aromatic nitrogens is 2. The summed E-state index contributed by atoms with van der Waals surface area (Å²) < 4.78 is 1.12. The van der Waals surface area contributed by atoms with Gasteiger partial charge >= 0.3 is 0 Å². The number of anilines is 2. The maximum atomic E-state index is 8.95. The van der Waals surface area contributed by atoms with E-state index in [4.69, 9.17) is 5.26 Å². The number of nitriles is 1. The second-order valence-corrected chi connectivity index (χ2v) is 5.14. The van der Waals surface area contributed by atoms with Gasteiger partial charge in [-0.1, -0.05) is 23.5 Å². The van der Waals surface area contributed by atoms with Crippen LogP contribution in [0.5, 0.6) is 0 Å². The predicted octanol–water partition coefficient (Wildman–Crippen LogP) is 3.62. The fourth-order valence-electron chi connectivity index (χ4n) is 1.83. The van der Waals surface area contributed by atoms with E-state index >= 15 is 0 Å². The molecule has 19 heavy (non-hydrogen) atoms. The number of aryl methyl sites for hydroxylation is 1. The van der Waals surface area contributed by atoms with E-state index < -0.39 is 0 Å². The average Bonchev–Trinajstić information content (AvgIpc) is 2.80. The average molecular weight is 266 g/mol. The Hall–Kier alpha value is -2.45. The van der Waals surface area contributed by atoms with Gasteiger partial charge in [-0.2, -0.15) is 5.26 Å². The van der Waals surface area contributed by atoms with Crippen molar-refractivity contribution in [1.82, 2.24) is 9.97 Å². The van der Waals surface area contributed by atoms with Gasteiger partial charge in [0.15, 0.2) is 5.13 Å². The summed E-state index contributed by atoms with van der Waals surface area (Å²) in [7, 11) is 0. The predicted molar refractivity (Wildman–Crippen MR) is 76.6 cm³/mol. The summed E-state index contributed by atoms with van der Waals surface area (Å²) >= 11 is 1.57. The Kier molecular flexibility index (Phi) is 2.86. The monoisotopic (exact) mass is 266 g/mol. The first kappa shape index (κ1) is 11.6. The van der Waals surface area contributed by atoms with Crippen molar-refractivity contribution >= 4 is 32.5 Å². The molecule has 0 saturated carbocycles. The maximum absolute atomic E-state index is 8.95. The number of nitrogens with one attached hydrogen (secondary N) is 1. The molecule has 0 radical (unpaired) electrons. The first-order valence-electron chi connectivity index (χ1n) is 5.76. The molecule has 3 aromatic rings. The summed E-state index contributed by atoms with van der Waals surface area (Å²) in [6.45, 7) is 1.87. The van der Waals surface area contributed by atoms with Crippen LogP contribution in [0.15, 0.2) is 36.4 Å². The Morgan fingerprint density at radius 2 is 2.05 bits per heavy atom. The third-order valence-electron chi connectivity index (χ3n) is 2.61. The van der Waals surface area contributed by atoms with Gasteiger partial charge in [0, 0.05) is 5.69 Å². The Morgan fingerprint density at radius 3 is 2.84 bits per heavy atom. The smallest absolute Gasteiger partial charge is 0.189 e. The number of hydrogen-bond donors (Lipinski definition) is 1. The molecule has 0 aliphatic heterocycles. The molecular weight excluding hydrogens is 256 g/mol. The van der Waals surface area contributed by atoms with Crippen LogP contribution in [0.1, 0.15) is 11.3 Å². The Balaban J connectivity index is 1.96. The van der Waals surface area contributed by atoms with E-state index in [1.54, 1.807) is 23.5 Å². The van der Waals surface area contributed by atoms with Crippen LogP contribution in [0.25, 0.3) is 10.2 Å². The van der Waals surface area contributed by atoms with Gasteiger partial charge in [0.2, 0.25) is 0 Å². The second-order valence-electron chi connectivity index (χ2n) is 4.11. The third kappa shape index (κ3) is 2.39. The molecule has 5 heteroatoms. The summed E-state index contributed by atoms with van der Waals surface area (Å²) in [6, 6.07) is 13.6. The summed E-state index contributed by atoms with van der Waals surface area (Å²) in [5.74, 6) is 0.649. The number of thiazole rings is 1. The minimum atomic E-state index is 0.594. The number of pyridine rings is 1. The van der Waals surface area contributed by atoms with Gasteiger partial charge < -0.3 is 5.32 Å². The molecule has 3 rings (SSSR count). The van der Waals surface area contributed by atoms with E-state index in [9.17, 15) is 0 Å². The zero-order valence-corrected chi connectivity index (χ0v) is 11.0. The SMILES string of the molecule is Cc1cc(C#N)cc(Nc2nc3ccccc3s2)n1. The highest BCUT2D eigenvalue weighted by Gasteiger charge is 2.05. The quantitative estimate of drug-likeness (QED) is 0.769. The van der Waals surface area contributed by atoms with Crippen molar-refractivity contribution in [3.8, 4) is 6.07 Å². The van der Waals surface area contributed by atoms with Gasteiger partial charge in [-0.3, -0.25) is 0 Å². The molecule has 4 nitrogen and oxygen atoms in total. The minimum absolute atomic E-state index is 0.594. The van der Waals surface area contributed by atoms with E-state index in [2.05, 4.69) is 21.4 Å². The summed E-state index contributed by atoms with van der Waals surface area (Å²) in [4.78, 5) is 8.83. The Morgan fingerprint density at radius 1 is 1.21 bits per heavy atom. The first-order chi connectivity index (χ1) is 9.24. The minimum Gasteiger partial charge on any atom is -0.316 e. The van der Waals surface area contributed by atoms with Crippen LogP contribution in [-0.4, -0.2) is 9.97 Å². The highest BCUT2D eigenvalue weighted by molar-refractivity contribution is 7.22. The van der Waals surface area contributed by atoms with Gasteiger partial charge in [-0.25, -0.2) is 9.97 Å². The topological polar surface area (TPSA) is 61.6 Å². The Labute approximate surface area is 114 Å². The molecule has 0 saturated heterocycles.